The molecule has 4 aromatic carbocycles. The normalized spacial score (nSPS) is 12.1. The van der Waals surface area contributed by atoms with Gasteiger partial charge in [-0.3, -0.25) is 4.55 Å². The van der Waals surface area contributed by atoms with Gasteiger partial charge in [0.15, 0.2) is 0 Å². The molecule has 0 fully saturated rings. The average molecular weight is 523 g/mol. The van der Waals surface area contributed by atoms with Crippen molar-refractivity contribution in [1.29, 1.82) is 0 Å². The summed E-state index contributed by atoms with van der Waals surface area (Å²) in [6.07, 6.45) is 0. The molecule has 6 nitrogen and oxygen atoms in total. The van der Waals surface area contributed by atoms with Crippen LogP contribution in [0.15, 0.2) is 89.8 Å². The second kappa shape index (κ2) is 10.7. The molecule has 0 bridgehead atoms. The van der Waals surface area contributed by atoms with Gasteiger partial charge < -0.3 is 14.2 Å². The van der Waals surface area contributed by atoms with Crippen LogP contribution < -0.4 is 30.1 Å². The Bertz CT molecular complexity index is 1480. The van der Waals surface area contributed by atoms with Gasteiger partial charge in [0.25, 0.3) is 10.1 Å². The smallest absolute Gasteiger partial charge is 0.294 e. The van der Waals surface area contributed by atoms with E-state index < -0.39 is 18.0 Å². The van der Waals surface area contributed by atoms with Crippen molar-refractivity contribution in [3.63, 3.8) is 0 Å². The molecule has 1 unspecified atom stereocenters. The van der Waals surface area contributed by atoms with E-state index in [2.05, 4.69) is 0 Å². The first-order valence-electron chi connectivity index (χ1n) is 11.1. The molecule has 1 N–H and O–H groups in total. The summed E-state index contributed by atoms with van der Waals surface area (Å²) < 4.78 is 51.1. The van der Waals surface area contributed by atoms with E-state index in [-0.39, 0.29) is 4.90 Å². The third kappa shape index (κ3) is 4.96. The molecule has 0 amide bonds. The Kier molecular flexibility index (Phi) is 7.65. The molecule has 186 valence electrons. The minimum atomic E-state index is -4.40. The van der Waals surface area contributed by atoms with Gasteiger partial charge in [-0.05, 0) is 66.9 Å². The molecular formula is C28H27O6PS. The average Bonchev–Trinajstić information content (AvgIpc) is 2.89. The molecule has 0 saturated heterocycles. The van der Waals surface area contributed by atoms with Crippen LogP contribution in [0.3, 0.4) is 0 Å². The van der Waals surface area contributed by atoms with E-state index in [1.165, 1.54) is 6.07 Å². The Labute approximate surface area is 213 Å². The van der Waals surface area contributed by atoms with E-state index in [1.807, 2.05) is 73.7 Å². The van der Waals surface area contributed by atoms with Crippen molar-refractivity contribution in [2.24, 2.45) is 0 Å². The van der Waals surface area contributed by atoms with Gasteiger partial charge in [-0.1, -0.05) is 54.6 Å². The molecule has 1 atom stereocenters. The van der Waals surface area contributed by atoms with Crippen molar-refractivity contribution in [3.8, 4) is 28.4 Å². The summed E-state index contributed by atoms with van der Waals surface area (Å²) in [5.74, 6) is 1.99. The highest BCUT2D eigenvalue weighted by atomic mass is 32.2. The van der Waals surface area contributed by atoms with E-state index >= 15 is 0 Å². The minimum Gasteiger partial charge on any atom is -0.496 e. The van der Waals surface area contributed by atoms with Crippen LogP contribution in [0.5, 0.6) is 17.2 Å². The van der Waals surface area contributed by atoms with Gasteiger partial charge in [-0.25, -0.2) is 0 Å². The predicted octanol–water partition coefficient (Wildman–Crippen LogP) is 4.69. The van der Waals surface area contributed by atoms with Gasteiger partial charge >= 0.3 is 0 Å². The monoisotopic (exact) mass is 522 g/mol. The first kappa shape index (κ1) is 25.7. The molecule has 36 heavy (non-hydrogen) atoms. The number of aryl methyl sites for hydroxylation is 1. The molecule has 0 saturated carbocycles. The Morgan fingerprint density at radius 3 is 1.83 bits per heavy atom. The predicted molar refractivity (Wildman–Crippen MR) is 145 cm³/mol. The number of ether oxygens (including phenoxy) is 3. The van der Waals surface area contributed by atoms with E-state index in [0.29, 0.717) is 17.2 Å². The summed E-state index contributed by atoms with van der Waals surface area (Å²) in [6, 6.07) is 25.9. The van der Waals surface area contributed by atoms with Gasteiger partial charge in [0, 0.05) is 5.30 Å². The number of para-hydroxylation sites is 1. The standard InChI is InChI=1S/C28H27O6PS/c1-19-16-17-20(36(29,30)31)18-27(19)35(26-15-8-6-11-22(26)32-2)25-14-7-5-10-21(25)28-23(33-3)12-9-13-24(28)34-4/h5-18H,1-4H3,(H,29,30,31). The molecule has 4 rings (SSSR count). The van der Waals surface area contributed by atoms with E-state index in [9.17, 15) is 13.0 Å². The summed E-state index contributed by atoms with van der Waals surface area (Å²) in [5, 5.41) is 2.65. The number of hydrogen-bond donors (Lipinski definition) is 1. The highest BCUT2D eigenvalue weighted by Crippen LogP contribution is 2.45. The molecule has 0 heterocycles. The summed E-state index contributed by atoms with van der Waals surface area (Å²) in [4.78, 5) is -0.155. The first-order valence-corrected chi connectivity index (χ1v) is 13.9. The highest BCUT2D eigenvalue weighted by Gasteiger charge is 2.27. The first-order chi connectivity index (χ1) is 17.3. The molecule has 0 spiro atoms. The lowest BCUT2D eigenvalue weighted by Crippen LogP contribution is -2.25. The summed E-state index contributed by atoms with van der Waals surface area (Å²) in [5.41, 5.74) is 2.57. The van der Waals surface area contributed by atoms with Crippen LogP contribution in [0, 0.1) is 6.92 Å². The Morgan fingerprint density at radius 1 is 0.667 bits per heavy atom. The van der Waals surface area contributed by atoms with E-state index in [1.54, 1.807) is 33.5 Å². The van der Waals surface area contributed by atoms with Crippen LogP contribution in [-0.4, -0.2) is 34.3 Å². The summed E-state index contributed by atoms with van der Waals surface area (Å²) in [6.45, 7) is 1.93. The Morgan fingerprint density at radius 2 is 1.22 bits per heavy atom. The van der Waals surface area contributed by atoms with Gasteiger partial charge in [-0.15, -0.1) is 0 Å². The third-order valence-electron chi connectivity index (χ3n) is 5.89. The minimum absolute atomic E-state index is 0.155. The van der Waals surface area contributed by atoms with Crippen LogP contribution in [0.2, 0.25) is 0 Å². The van der Waals surface area contributed by atoms with Crippen molar-refractivity contribution in [1.82, 2.24) is 0 Å². The number of hydrogen-bond acceptors (Lipinski definition) is 5. The second-order valence-corrected chi connectivity index (χ2v) is 11.5. The zero-order valence-corrected chi connectivity index (χ0v) is 22.1. The zero-order chi connectivity index (χ0) is 25.9. The summed E-state index contributed by atoms with van der Waals surface area (Å²) >= 11 is 0. The molecule has 0 aliphatic rings. The van der Waals surface area contributed by atoms with Crippen LogP contribution in [-0.2, 0) is 10.1 Å². The lowest BCUT2D eigenvalue weighted by atomic mass is 10.0. The van der Waals surface area contributed by atoms with E-state index in [4.69, 9.17) is 14.2 Å². The van der Waals surface area contributed by atoms with Crippen LogP contribution in [0.4, 0.5) is 0 Å². The van der Waals surface area contributed by atoms with Crippen molar-refractivity contribution in [2.75, 3.05) is 21.3 Å². The quantitative estimate of drug-likeness (QED) is 0.267. The third-order valence-corrected chi connectivity index (χ3v) is 9.42. The molecule has 0 radical (unpaired) electrons. The molecule has 4 aromatic rings. The molecule has 8 heteroatoms. The van der Waals surface area contributed by atoms with Gasteiger partial charge in [0.05, 0.1) is 31.8 Å². The van der Waals surface area contributed by atoms with Crippen molar-refractivity contribution < 1.29 is 27.2 Å². The fourth-order valence-corrected chi connectivity index (χ4v) is 7.54. The van der Waals surface area contributed by atoms with Crippen molar-refractivity contribution in [2.45, 2.75) is 11.8 Å². The van der Waals surface area contributed by atoms with Crippen molar-refractivity contribution >= 4 is 34.0 Å². The topological polar surface area (TPSA) is 82.1 Å². The van der Waals surface area contributed by atoms with Crippen LogP contribution in [0.1, 0.15) is 5.56 Å². The maximum atomic E-state index is 12.1. The van der Waals surface area contributed by atoms with Gasteiger partial charge in [0.1, 0.15) is 17.2 Å². The zero-order valence-electron chi connectivity index (χ0n) is 20.4. The fourth-order valence-electron chi connectivity index (χ4n) is 4.19. The molecular weight excluding hydrogens is 495 g/mol. The molecule has 0 aliphatic carbocycles. The van der Waals surface area contributed by atoms with Gasteiger partial charge in [0.2, 0.25) is 0 Å². The lowest BCUT2D eigenvalue weighted by molar-refractivity contribution is 0.397. The maximum Gasteiger partial charge on any atom is 0.294 e. The number of benzene rings is 4. The fraction of sp³-hybridized carbons (Fsp3) is 0.143. The lowest BCUT2D eigenvalue weighted by Gasteiger charge is -2.26. The maximum absolute atomic E-state index is 12.1. The van der Waals surface area contributed by atoms with Gasteiger partial charge in [-0.2, -0.15) is 8.42 Å². The highest BCUT2D eigenvalue weighted by molar-refractivity contribution is 7.86. The van der Waals surface area contributed by atoms with E-state index in [0.717, 1.165) is 32.6 Å². The Hall–Kier alpha value is -3.38. The second-order valence-electron chi connectivity index (χ2n) is 7.99. The largest absolute Gasteiger partial charge is 0.496 e. The van der Waals surface area contributed by atoms with Crippen LogP contribution >= 0.6 is 7.92 Å². The molecule has 0 aliphatic heterocycles. The number of rotatable bonds is 8. The SMILES string of the molecule is COc1ccccc1P(c1cc(S(=O)(=O)O)ccc1C)c1ccccc1-c1c(OC)cccc1OC. The summed E-state index contributed by atoms with van der Waals surface area (Å²) in [7, 11) is -0.904. The number of methoxy groups -OCH3 is 3. The van der Waals surface area contributed by atoms with Crippen molar-refractivity contribution in [3.05, 3.63) is 90.5 Å². The molecule has 0 aromatic heterocycles. The van der Waals surface area contributed by atoms with Crippen LogP contribution in [0.25, 0.3) is 11.1 Å². The Balaban J connectivity index is 2.11.